The molecule has 0 aliphatic heterocycles. The fraction of sp³-hybridized carbons (Fsp3) is 0. The van der Waals surface area contributed by atoms with Gasteiger partial charge in [-0.2, -0.15) is 11.3 Å². The van der Waals surface area contributed by atoms with Crippen molar-refractivity contribution in [3.05, 3.63) is 50.9 Å². The molecule has 0 atom stereocenters. The monoisotopic (exact) mass is 220 g/mol. The van der Waals surface area contributed by atoms with E-state index in [4.69, 9.17) is 0 Å². The van der Waals surface area contributed by atoms with E-state index in [1.807, 2.05) is 40.4 Å². The molecule has 0 unspecified atom stereocenters. The second-order valence-corrected chi connectivity index (χ2v) is 4.46. The van der Waals surface area contributed by atoms with Gasteiger partial charge in [-0.3, -0.25) is 4.79 Å². The molecule has 0 saturated heterocycles. The summed E-state index contributed by atoms with van der Waals surface area (Å²) >= 11 is 3.10. The van der Waals surface area contributed by atoms with Crippen molar-refractivity contribution >= 4 is 34.5 Å². The van der Waals surface area contributed by atoms with Crippen molar-refractivity contribution in [1.82, 2.24) is 0 Å². The summed E-state index contributed by atoms with van der Waals surface area (Å²) in [5.74, 6) is 0.0752. The molecule has 0 bridgehead atoms. The third-order valence-corrected chi connectivity index (χ3v) is 3.32. The Morgan fingerprint density at radius 1 is 1.29 bits per heavy atom. The van der Waals surface area contributed by atoms with Crippen molar-refractivity contribution in [2.45, 2.75) is 0 Å². The van der Waals surface area contributed by atoms with Gasteiger partial charge in [-0.05, 0) is 39.9 Å². The predicted octanol–water partition coefficient (Wildman–Crippen LogP) is 3.71. The van der Waals surface area contributed by atoms with Crippen molar-refractivity contribution in [2.24, 2.45) is 0 Å². The molecular formula is C11H8OS2. The normalized spacial score (nSPS) is 10.9. The van der Waals surface area contributed by atoms with E-state index in [1.165, 1.54) is 11.3 Å². The lowest BCUT2D eigenvalue weighted by Gasteiger charge is -1.86. The highest BCUT2D eigenvalue weighted by molar-refractivity contribution is 7.12. The molecule has 2 heterocycles. The van der Waals surface area contributed by atoms with Crippen molar-refractivity contribution in [3.8, 4) is 0 Å². The summed E-state index contributed by atoms with van der Waals surface area (Å²) in [6, 6.07) is 5.71. The maximum absolute atomic E-state index is 11.5. The Balaban J connectivity index is 2.09. The van der Waals surface area contributed by atoms with Gasteiger partial charge >= 0.3 is 0 Å². The number of hydrogen-bond donors (Lipinski definition) is 0. The highest BCUT2D eigenvalue weighted by Gasteiger charge is 2.00. The van der Waals surface area contributed by atoms with Crippen LogP contribution in [0.3, 0.4) is 0 Å². The molecule has 1 nitrogen and oxygen atoms in total. The Hall–Kier alpha value is -1.19. The molecule has 0 fully saturated rings. The van der Waals surface area contributed by atoms with Crippen LogP contribution in [-0.4, -0.2) is 5.78 Å². The largest absolute Gasteiger partial charge is 0.288 e. The summed E-state index contributed by atoms with van der Waals surface area (Å²) < 4.78 is 0. The lowest BCUT2D eigenvalue weighted by Crippen LogP contribution is -1.87. The first-order valence-electron chi connectivity index (χ1n) is 4.14. The SMILES string of the molecule is O=C(/C=C\c1ccsc1)c1cccs1. The van der Waals surface area contributed by atoms with E-state index in [-0.39, 0.29) is 5.78 Å². The van der Waals surface area contributed by atoms with Crippen LogP contribution in [0.15, 0.2) is 40.4 Å². The average molecular weight is 220 g/mol. The molecule has 0 saturated carbocycles. The number of ketones is 1. The first kappa shape index (κ1) is 9.37. The van der Waals surface area contributed by atoms with Gasteiger partial charge in [0.15, 0.2) is 5.78 Å². The van der Waals surface area contributed by atoms with Crippen molar-refractivity contribution in [1.29, 1.82) is 0 Å². The van der Waals surface area contributed by atoms with Crippen molar-refractivity contribution in [2.75, 3.05) is 0 Å². The number of hydrogen-bond acceptors (Lipinski definition) is 3. The van der Waals surface area contributed by atoms with Gasteiger partial charge in [0, 0.05) is 0 Å². The van der Waals surface area contributed by atoms with Gasteiger partial charge in [-0.25, -0.2) is 0 Å². The molecule has 0 N–H and O–H groups in total. The quantitative estimate of drug-likeness (QED) is 0.569. The second kappa shape index (κ2) is 4.35. The van der Waals surface area contributed by atoms with Crippen LogP contribution in [-0.2, 0) is 0 Å². The number of carbonyl (C=O) groups excluding carboxylic acids is 1. The maximum atomic E-state index is 11.5. The Kier molecular flexibility index (Phi) is 2.91. The summed E-state index contributed by atoms with van der Waals surface area (Å²) in [6.07, 6.45) is 3.46. The minimum Gasteiger partial charge on any atom is -0.288 e. The minimum atomic E-state index is 0.0752. The molecule has 0 aromatic carbocycles. The third-order valence-electron chi connectivity index (χ3n) is 1.73. The number of thiophene rings is 2. The molecule has 0 radical (unpaired) electrons. The van der Waals surface area contributed by atoms with E-state index < -0.39 is 0 Å². The van der Waals surface area contributed by atoms with Gasteiger partial charge in [0.25, 0.3) is 0 Å². The van der Waals surface area contributed by atoms with Crippen LogP contribution in [0.5, 0.6) is 0 Å². The average Bonchev–Trinajstić information content (AvgIpc) is 2.87. The molecule has 2 aromatic rings. The van der Waals surface area contributed by atoms with E-state index in [2.05, 4.69) is 0 Å². The Morgan fingerprint density at radius 3 is 2.86 bits per heavy atom. The summed E-state index contributed by atoms with van der Waals surface area (Å²) in [6.45, 7) is 0. The lowest BCUT2D eigenvalue weighted by molar-refractivity contribution is 0.105. The predicted molar refractivity (Wildman–Crippen MR) is 62.0 cm³/mol. The first-order valence-corrected chi connectivity index (χ1v) is 5.96. The fourth-order valence-corrected chi connectivity index (χ4v) is 2.32. The molecule has 14 heavy (non-hydrogen) atoms. The van der Waals surface area contributed by atoms with Gasteiger partial charge in [0.05, 0.1) is 4.88 Å². The zero-order chi connectivity index (χ0) is 9.80. The molecule has 0 aliphatic carbocycles. The number of allylic oxidation sites excluding steroid dienone is 1. The number of carbonyl (C=O) groups is 1. The fourth-order valence-electron chi connectivity index (χ4n) is 1.04. The Bertz CT molecular complexity index is 424. The lowest BCUT2D eigenvalue weighted by atomic mass is 10.2. The zero-order valence-electron chi connectivity index (χ0n) is 7.34. The van der Waals surface area contributed by atoms with E-state index in [0.29, 0.717) is 0 Å². The molecule has 2 rings (SSSR count). The highest BCUT2D eigenvalue weighted by Crippen LogP contribution is 2.12. The molecule has 3 heteroatoms. The van der Waals surface area contributed by atoms with Crippen LogP contribution < -0.4 is 0 Å². The van der Waals surface area contributed by atoms with Crippen LogP contribution in [0.25, 0.3) is 6.08 Å². The molecular weight excluding hydrogens is 212 g/mol. The molecule has 2 aromatic heterocycles. The van der Waals surface area contributed by atoms with Crippen LogP contribution in [0.2, 0.25) is 0 Å². The molecule has 70 valence electrons. The van der Waals surface area contributed by atoms with Gasteiger partial charge in [0.1, 0.15) is 0 Å². The second-order valence-electron chi connectivity index (χ2n) is 2.73. The van der Waals surface area contributed by atoms with E-state index in [1.54, 1.807) is 17.4 Å². The standard InChI is InChI=1S/C11H8OS2/c12-10(11-2-1-6-14-11)4-3-9-5-7-13-8-9/h1-8H/b4-3-. The van der Waals surface area contributed by atoms with Gasteiger partial charge in [-0.15, -0.1) is 11.3 Å². The van der Waals surface area contributed by atoms with Crippen molar-refractivity contribution < 1.29 is 4.79 Å². The van der Waals surface area contributed by atoms with Crippen LogP contribution in [0.4, 0.5) is 0 Å². The van der Waals surface area contributed by atoms with Crippen LogP contribution >= 0.6 is 22.7 Å². The molecule has 0 amide bonds. The highest BCUT2D eigenvalue weighted by atomic mass is 32.1. The van der Waals surface area contributed by atoms with E-state index >= 15 is 0 Å². The van der Waals surface area contributed by atoms with Gasteiger partial charge in [0.2, 0.25) is 0 Å². The van der Waals surface area contributed by atoms with Gasteiger partial charge < -0.3 is 0 Å². The summed E-state index contributed by atoms with van der Waals surface area (Å²) in [5.41, 5.74) is 1.08. The Morgan fingerprint density at radius 2 is 2.21 bits per heavy atom. The Labute approximate surface area is 90.3 Å². The van der Waals surface area contributed by atoms with E-state index in [0.717, 1.165) is 10.4 Å². The summed E-state index contributed by atoms with van der Waals surface area (Å²) in [5, 5.41) is 5.92. The minimum absolute atomic E-state index is 0.0752. The topological polar surface area (TPSA) is 17.1 Å². The third kappa shape index (κ3) is 2.19. The van der Waals surface area contributed by atoms with Crippen LogP contribution in [0.1, 0.15) is 15.2 Å². The molecule has 0 aliphatic rings. The molecule has 0 spiro atoms. The zero-order valence-corrected chi connectivity index (χ0v) is 8.98. The summed E-state index contributed by atoms with van der Waals surface area (Å²) in [7, 11) is 0. The number of rotatable bonds is 3. The smallest absolute Gasteiger partial charge is 0.195 e. The summed E-state index contributed by atoms with van der Waals surface area (Å²) in [4.78, 5) is 12.3. The first-order chi connectivity index (χ1) is 6.86. The maximum Gasteiger partial charge on any atom is 0.195 e. The van der Waals surface area contributed by atoms with E-state index in [9.17, 15) is 4.79 Å². The van der Waals surface area contributed by atoms with Gasteiger partial charge in [-0.1, -0.05) is 12.1 Å². The van der Waals surface area contributed by atoms with Crippen molar-refractivity contribution in [3.63, 3.8) is 0 Å². The van der Waals surface area contributed by atoms with Crippen LogP contribution in [0, 0.1) is 0 Å².